The van der Waals surface area contributed by atoms with Gasteiger partial charge in [0.25, 0.3) is 5.69 Å². The molecule has 2 rings (SSSR count). The normalized spacial score (nSPS) is 11.9. The fourth-order valence-electron chi connectivity index (χ4n) is 2.25. The molecule has 0 amide bonds. The maximum atomic E-state index is 11.1. The minimum atomic E-state index is -0.358. The van der Waals surface area contributed by atoms with Gasteiger partial charge < -0.3 is 10.4 Å². The van der Waals surface area contributed by atoms with Crippen molar-refractivity contribution in [1.29, 1.82) is 0 Å². The average Bonchev–Trinajstić information content (AvgIpc) is 2.47. The van der Waals surface area contributed by atoms with Crippen LogP contribution in [0.2, 0.25) is 0 Å². The van der Waals surface area contributed by atoms with Crippen LogP contribution in [-0.4, -0.2) is 10.0 Å². The Balaban J connectivity index is 2.23. The van der Waals surface area contributed by atoms with E-state index < -0.39 is 0 Å². The van der Waals surface area contributed by atoms with Gasteiger partial charge in [-0.1, -0.05) is 25.1 Å². The number of anilines is 1. The van der Waals surface area contributed by atoms with Crippen molar-refractivity contribution in [2.45, 2.75) is 26.3 Å². The molecular weight excluding hydrogens is 268 g/mol. The Morgan fingerprint density at radius 3 is 2.67 bits per heavy atom. The minimum Gasteiger partial charge on any atom is -0.508 e. The molecule has 0 aliphatic heterocycles. The molecule has 0 aliphatic carbocycles. The van der Waals surface area contributed by atoms with Crippen molar-refractivity contribution in [2.24, 2.45) is 0 Å². The molecule has 2 N–H and O–H groups in total. The van der Waals surface area contributed by atoms with Gasteiger partial charge in [0.2, 0.25) is 0 Å². The maximum Gasteiger partial charge on any atom is 0.274 e. The molecule has 0 aromatic heterocycles. The number of aromatic hydroxyl groups is 1. The maximum absolute atomic E-state index is 11.1. The van der Waals surface area contributed by atoms with Gasteiger partial charge in [0, 0.05) is 23.4 Å². The van der Waals surface area contributed by atoms with Crippen molar-refractivity contribution in [3.05, 3.63) is 63.7 Å². The zero-order valence-corrected chi connectivity index (χ0v) is 12.0. The van der Waals surface area contributed by atoms with Crippen molar-refractivity contribution >= 4 is 11.4 Å². The van der Waals surface area contributed by atoms with E-state index in [1.54, 1.807) is 30.3 Å². The van der Waals surface area contributed by atoms with Crippen LogP contribution in [-0.2, 0) is 6.42 Å². The molecule has 0 fully saturated rings. The number of rotatable bonds is 5. The van der Waals surface area contributed by atoms with Gasteiger partial charge >= 0.3 is 0 Å². The van der Waals surface area contributed by atoms with Crippen molar-refractivity contribution in [1.82, 2.24) is 0 Å². The lowest BCUT2D eigenvalue weighted by Crippen LogP contribution is -2.07. The second kappa shape index (κ2) is 6.26. The average molecular weight is 286 g/mol. The Bertz CT molecular complexity index is 656. The lowest BCUT2D eigenvalue weighted by molar-refractivity contribution is -0.385. The third kappa shape index (κ3) is 3.51. The van der Waals surface area contributed by atoms with E-state index in [1.807, 2.05) is 26.0 Å². The number of aryl methyl sites for hydroxylation is 1. The minimum absolute atomic E-state index is 0.0656. The van der Waals surface area contributed by atoms with Crippen LogP contribution in [0.5, 0.6) is 5.75 Å². The van der Waals surface area contributed by atoms with Crippen LogP contribution in [0.25, 0.3) is 0 Å². The molecule has 0 bridgehead atoms. The standard InChI is InChI=1S/C16H18N2O3/c1-3-12-7-8-14(10-16(12)18(20)21)17-11(2)13-5-4-6-15(19)9-13/h4-11,17,19H,3H2,1-2H3. The summed E-state index contributed by atoms with van der Waals surface area (Å²) in [5.41, 5.74) is 2.45. The van der Waals surface area contributed by atoms with Gasteiger partial charge in [0.1, 0.15) is 5.75 Å². The predicted octanol–water partition coefficient (Wildman–Crippen LogP) is 4.04. The third-order valence-electron chi connectivity index (χ3n) is 3.42. The molecule has 0 radical (unpaired) electrons. The monoisotopic (exact) mass is 286 g/mol. The summed E-state index contributed by atoms with van der Waals surface area (Å²) < 4.78 is 0. The van der Waals surface area contributed by atoms with Gasteiger partial charge in [0.05, 0.1) is 4.92 Å². The molecule has 1 unspecified atom stereocenters. The van der Waals surface area contributed by atoms with Crippen LogP contribution in [0, 0.1) is 10.1 Å². The van der Waals surface area contributed by atoms with E-state index in [2.05, 4.69) is 5.32 Å². The topological polar surface area (TPSA) is 75.4 Å². The summed E-state index contributed by atoms with van der Waals surface area (Å²) in [6.07, 6.45) is 0.624. The molecule has 2 aromatic carbocycles. The van der Waals surface area contributed by atoms with E-state index >= 15 is 0 Å². The lowest BCUT2D eigenvalue weighted by Gasteiger charge is -2.16. The molecule has 110 valence electrons. The third-order valence-corrected chi connectivity index (χ3v) is 3.42. The molecule has 0 aliphatic rings. The first-order valence-electron chi connectivity index (χ1n) is 6.84. The van der Waals surface area contributed by atoms with Crippen LogP contribution in [0.4, 0.5) is 11.4 Å². The van der Waals surface area contributed by atoms with Gasteiger partial charge in [-0.2, -0.15) is 0 Å². The van der Waals surface area contributed by atoms with Crippen LogP contribution in [0.1, 0.15) is 31.0 Å². The van der Waals surface area contributed by atoms with Crippen LogP contribution in [0.15, 0.2) is 42.5 Å². The van der Waals surface area contributed by atoms with Gasteiger partial charge in [-0.05, 0) is 37.1 Å². The van der Waals surface area contributed by atoms with Gasteiger partial charge in [-0.15, -0.1) is 0 Å². The molecule has 1 atom stereocenters. The Labute approximate surface area is 123 Å². The zero-order chi connectivity index (χ0) is 15.4. The first kappa shape index (κ1) is 14.8. The smallest absolute Gasteiger partial charge is 0.274 e. The number of phenolic OH excluding ortho intramolecular Hbond substituents is 1. The summed E-state index contributed by atoms with van der Waals surface area (Å²) in [4.78, 5) is 10.7. The fourth-order valence-corrected chi connectivity index (χ4v) is 2.25. The van der Waals surface area contributed by atoms with E-state index in [0.29, 0.717) is 12.1 Å². The number of nitrogens with zero attached hydrogens (tertiary/aromatic N) is 1. The summed E-state index contributed by atoms with van der Waals surface area (Å²) in [5, 5.41) is 23.8. The number of benzene rings is 2. The zero-order valence-electron chi connectivity index (χ0n) is 12.0. The van der Waals surface area contributed by atoms with Crippen LogP contribution >= 0.6 is 0 Å². The van der Waals surface area contributed by atoms with E-state index in [4.69, 9.17) is 0 Å². The first-order chi connectivity index (χ1) is 10.0. The summed E-state index contributed by atoms with van der Waals surface area (Å²) in [5.74, 6) is 0.202. The number of nitro benzene ring substituents is 1. The van der Waals surface area contributed by atoms with Crippen molar-refractivity contribution in [3.63, 3.8) is 0 Å². The molecular formula is C16H18N2O3. The van der Waals surface area contributed by atoms with Crippen molar-refractivity contribution in [2.75, 3.05) is 5.32 Å². The molecule has 21 heavy (non-hydrogen) atoms. The number of hydrogen-bond acceptors (Lipinski definition) is 4. The number of hydrogen-bond donors (Lipinski definition) is 2. The SMILES string of the molecule is CCc1ccc(NC(C)c2cccc(O)c2)cc1[N+](=O)[O-]. The van der Waals surface area contributed by atoms with E-state index in [1.165, 1.54) is 0 Å². The number of nitrogens with one attached hydrogen (secondary N) is 1. The number of nitro groups is 1. The molecule has 0 spiro atoms. The predicted molar refractivity (Wildman–Crippen MR) is 82.6 cm³/mol. The summed E-state index contributed by atoms with van der Waals surface area (Å²) in [7, 11) is 0. The fraction of sp³-hybridized carbons (Fsp3) is 0.250. The van der Waals surface area contributed by atoms with Crippen molar-refractivity contribution < 1.29 is 10.0 Å². The lowest BCUT2D eigenvalue weighted by atomic mass is 10.1. The van der Waals surface area contributed by atoms with E-state index in [-0.39, 0.29) is 22.4 Å². The van der Waals surface area contributed by atoms with E-state index in [9.17, 15) is 15.2 Å². The summed E-state index contributed by atoms with van der Waals surface area (Å²) >= 11 is 0. The van der Waals surface area contributed by atoms with Crippen LogP contribution < -0.4 is 5.32 Å². The summed E-state index contributed by atoms with van der Waals surface area (Å²) in [6.45, 7) is 3.83. The van der Waals surface area contributed by atoms with Crippen molar-refractivity contribution in [3.8, 4) is 5.75 Å². The highest BCUT2D eigenvalue weighted by Gasteiger charge is 2.14. The second-order valence-electron chi connectivity index (χ2n) is 4.92. The Hall–Kier alpha value is -2.56. The highest BCUT2D eigenvalue weighted by Crippen LogP contribution is 2.27. The highest BCUT2D eigenvalue weighted by molar-refractivity contribution is 5.56. The molecule has 5 nitrogen and oxygen atoms in total. The number of phenols is 1. The molecule has 0 saturated carbocycles. The van der Waals surface area contributed by atoms with E-state index in [0.717, 1.165) is 11.1 Å². The van der Waals surface area contributed by atoms with Gasteiger partial charge in [-0.3, -0.25) is 10.1 Å². The first-order valence-corrected chi connectivity index (χ1v) is 6.84. The molecule has 2 aromatic rings. The summed E-state index contributed by atoms with van der Waals surface area (Å²) in [6, 6.07) is 12.0. The van der Waals surface area contributed by atoms with Gasteiger partial charge in [0.15, 0.2) is 0 Å². The molecule has 5 heteroatoms. The second-order valence-corrected chi connectivity index (χ2v) is 4.92. The largest absolute Gasteiger partial charge is 0.508 e. The molecule has 0 saturated heterocycles. The Kier molecular flexibility index (Phi) is 4.42. The molecule has 0 heterocycles. The van der Waals surface area contributed by atoms with Gasteiger partial charge in [-0.25, -0.2) is 0 Å². The Morgan fingerprint density at radius 1 is 1.29 bits per heavy atom. The Morgan fingerprint density at radius 2 is 2.05 bits per heavy atom. The quantitative estimate of drug-likeness (QED) is 0.642. The highest BCUT2D eigenvalue weighted by atomic mass is 16.6. The van der Waals surface area contributed by atoms with Crippen LogP contribution in [0.3, 0.4) is 0 Å².